The van der Waals surface area contributed by atoms with Crippen molar-refractivity contribution in [3.63, 3.8) is 0 Å². The Kier molecular flexibility index (Phi) is 7.30. The first-order valence-electron chi connectivity index (χ1n) is 8.36. The second-order valence-electron chi connectivity index (χ2n) is 5.23. The normalized spacial score (nSPS) is 10.6. The van der Waals surface area contributed by atoms with E-state index in [0.717, 1.165) is 5.56 Å². The second kappa shape index (κ2) is 9.91. The molecule has 0 bridgehead atoms. The summed E-state index contributed by atoms with van der Waals surface area (Å²) in [4.78, 5) is 41.3. The van der Waals surface area contributed by atoms with Crippen LogP contribution in [0.4, 0.5) is 0 Å². The molecule has 0 radical (unpaired) electrons. The molecule has 1 aromatic heterocycles. The minimum atomic E-state index is -0.708. The molecule has 1 N–H and O–H groups in total. The first-order chi connectivity index (χ1) is 13.0. The van der Waals surface area contributed by atoms with Crippen molar-refractivity contribution in [2.75, 3.05) is 19.8 Å². The van der Waals surface area contributed by atoms with Crippen LogP contribution in [0.5, 0.6) is 5.75 Å². The Morgan fingerprint density at radius 3 is 2.41 bits per heavy atom. The summed E-state index contributed by atoms with van der Waals surface area (Å²) in [5, 5.41) is 0. The topological polar surface area (TPSA) is 108 Å². The maximum absolute atomic E-state index is 11.9. The highest BCUT2D eigenvalue weighted by molar-refractivity contribution is 5.88. The summed E-state index contributed by atoms with van der Waals surface area (Å²) in [6.45, 7) is 3.72. The number of esters is 2. The molecule has 2 aromatic rings. The number of nitrogens with one attached hydrogen (secondary N) is 1. The van der Waals surface area contributed by atoms with Crippen LogP contribution in [0.15, 0.2) is 35.3 Å². The van der Waals surface area contributed by atoms with Crippen LogP contribution in [0.2, 0.25) is 0 Å². The smallest absolute Gasteiger partial charge is 0.345 e. The highest BCUT2D eigenvalue weighted by Crippen LogP contribution is 2.14. The van der Waals surface area contributed by atoms with E-state index in [4.69, 9.17) is 14.2 Å². The molecule has 0 spiro atoms. The van der Waals surface area contributed by atoms with E-state index in [-0.39, 0.29) is 18.8 Å². The van der Waals surface area contributed by atoms with Crippen LogP contribution >= 0.6 is 0 Å². The van der Waals surface area contributed by atoms with Gasteiger partial charge in [-0.2, -0.15) is 0 Å². The molecular formula is C19H20N2O6. The lowest BCUT2D eigenvalue weighted by molar-refractivity contribution is -0.145. The fourth-order valence-corrected chi connectivity index (χ4v) is 2.04. The Morgan fingerprint density at radius 1 is 1.07 bits per heavy atom. The van der Waals surface area contributed by atoms with Gasteiger partial charge in [0, 0.05) is 6.20 Å². The summed E-state index contributed by atoms with van der Waals surface area (Å²) in [5.74, 6) is -0.302. The maximum Gasteiger partial charge on any atom is 0.345 e. The van der Waals surface area contributed by atoms with Crippen molar-refractivity contribution in [3.05, 3.63) is 57.8 Å². The number of rotatable bonds is 8. The molecule has 27 heavy (non-hydrogen) atoms. The number of aromatic amines is 1. The molecule has 0 fully saturated rings. The summed E-state index contributed by atoms with van der Waals surface area (Å²) in [6, 6.07) is 6.97. The number of carbonyl (C=O) groups is 2. The fourth-order valence-electron chi connectivity index (χ4n) is 2.04. The molecule has 0 saturated heterocycles. The monoisotopic (exact) mass is 372 g/mol. The third kappa shape index (κ3) is 6.10. The molecule has 0 unspecified atom stereocenters. The van der Waals surface area contributed by atoms with Gasteiger partial charge in [0.25, 0.3) is 5.56 Å². The van der Waals surface area contributed by atoms with Gasteiger partial charge in [0.1, 0.15) is 17.1 Å². The van der Waals surface area contributed by atoms with Gasteiger partial charge in [-0.1, -0.05) is 18.2 Å². The zero-order valence-corrected chi connectivity index (χ0v) is 15.1. The summed E-state index contributed by atoms with van der Waals surface area (Å²) < 4.78 is 14.9. The van der Waals surface area contributed by atoms with Gasteiger partial charge in [0.2, 0.25) is 0 Å². The van der Waals surface area contributed by atoms with Crippen molar-refractivity contribution in [2.24, 2.45) is 0 Å². The number of ether oxygens (including phenoxy) is 3. The minimum Gasteiger partial charge on any atom is -0.482 e. The molecule has 1 heterocycles. The first kappa shape index (κ1) is 19.9. The Balaban J connectivity index is 1.99. The molecule has 1 aromatic carbocycles. The van der Waals surface area contributed by atoms with Crippen molar-refractivity contribution < 1.29 is 23.8 Å². The number of hydrogen-bond acceptors (Lipinski definition) is 7. The van der Waals surface area contributed by atoms with E-state index in [0.29, 0.717) is 18.2 Å². The molecule has 0 aliphatic carbocycles. The van der Waals surface area contributed by atoms with Gasteiger partial charge in [-0.25, -0.2) is 14.6 Å². The van der Waals surface area contributed by atoms with Crippen LogP contribution < -0.4 is 10.3 Å². The van der Waals surface area contributed by atoms with Gasteiger partial charge in [0.15, 0.2) is 6.61 Å². The van der Waals surface area contributed by atoms with Gasteiger partial charge >= 0.3 is 11.9 Å². The van der Waals surface area contributed by atoms with Crippen LogP contribution in [0.3, 0.4) is 0 Å². The lowest BCUT2D eigenvalue weighted by Gasteiger charge is -2.05. The summed E-state index contributed by atoms with van der Waals surface area (Å²) in [6.07, 6.45) is 4.52. The number of benzene rings is 1. The van der Waals surface area contributed by atoms with Crippen LogP contribution in [0.25, 0.3) is 12.2 Å². The average molecular weight is 372 g/mol. The third-order valence-electron chi connectivity index (χ3n) is 3.29. The van der Waals surface area contributed by atoms with Crippen LogP contribution in [0.1, 0.15) is 35.6 Å². The zero-order chi connectivity index (χ0) is 19.6. The van der Waals surface area contributed by atoms with Gasteiger partial charge in [-0.15, -0.1) is 0 Å². The quantitative estimate of drug-likeness (QED) is 0.707. The Hall–Kier alpha value is -3.42. The predicted octanol–water partition coefficient (Wildman–Crippen LogP) is 2.06. The van der Waals surface area contributed by atoms with Gasteiger partial charge in [-0.3, -0.25) is 4.79 Å². The van der Waals surface area contributed by atoms with Crippen molar-refractivity contribution in [1.29, 1.82) is 0 Å². The fraction of sp³-hybridized carbons (Fsp3) is 0.263. The summed E-state index contributed by atoms with van der Waals surface area (Å²) in [5.41, 5.74) is 0.124. The molecule has 8 nitrogen and oxygen atoms in total. The minimum absolute atomic E-state index is 0.142. The van der Waals surface area contributed by atoms with E-state index >= 15 is 0 Å². The SMILES string of the molecule is CCOC(=O)COc1ccc(/C=C/c2ncc(C(=O)OCC)c(=O)[nH]2)cc1. The van der Waals surface area contributed by atoms with Crippen molar-refractivity contribution in [2.45, 2.75) is 13.8 Å². The van der Waals surface area contributed by atoms with E-state index < -0.39 is 17.5 Å². The van der Waals surface area contributed by atoms with Gasteiger partial charge in [-0.05, 0) is 37.6 Å². The molecule has 8 heteroatoms. The van der Waals surface area contributed by atoms with E-state index in [2.05, 4.69) is 9.97 Å². The number of nitrogens with zero attached hydrogens (tertiary/aromatic N) is 1. The lowest BCUT2D eigenvalue weighted by atomic mass is 10.2. The van der Waals surface area contributed by atoms with E-state index in [1.165, 1.54) is 6.20 Å². The zero-order valence-electron chi connectivity index (χ0n) is 15.1. The number of carbonyl (C=O) groups excluding carboxylic acids is 2. The van der Waals surface area contributed by atoms with E-state index in [1.54, 1.807) is 50.3 Å². The Labute approximate surface area is 155 Å². The second-order valence-corrected chi connectivity index (χ2v) is 5.23. The summed E-state index contributed by atoms with van der Waals surface area (Å²) >= 11 is 0. The largest absolute Gasteiger partial charge is 0.482 e. The highest BCUT2D eigenvalue weighted by Gasteiger charge is 2.11. The first-order valence-corrected chi connectivity index (χ1v) is 8.36. The van der Waals surface area contributed by atoms with Gasteiger partial charge < -0.3 is 19.2 Å². The van der Waals surface area contributed by atoms with Crippen LogP contribution in [0, 0.1) is 0 Å². The maximum atomic E-state index is 11.9. The predicted molar refractivity (Wildman–Crippen MR) is 98.3 cm³/mol. The Bertz CT molecular complexity index is 871. The standard InChI is InChI=1S/C19H20N2O6/c1-3-25-17(22)12-27-14-8-5-13(6-9-14)7-10-16-20-11-15(18(23)21-16)19(24)26-4-2/h5-11H,3-4,12H2,1-2H3,(H,20,21,23)/b10-7+. The van der Waals surface area contributed by atoms with Crippen molar-refractivity contribution in [3.8, 4) is 5.75 Å². The van der Waals surface area contributed by atoms with E-state index in [1.807, 2.05) is 0 Å². The molecule has 0 amide bonds. The number of H-pyrrole nitrogens is 1. The number of aromatic nitrogens is 2. The number of hydrogen-bond donors (Lipinski definition) is 1. The van der Waals surface area contributed by atoms with Crippen LogP contribution in [-0.4, -0.2) is 41.7 Å². The highest BCUT2D eigenvalue weighted by atomic mass is 16.6. The Morgan fingerprint density at radius 2 is 1.78 bits per heavy atom. The summed E-state index contributed by atoms with van der Waals surface area (Å²) in [7, 11) is 0. The molecule has 0 atom stereocenters. The molecule has 0 aliphatic rings. The molecule has 0 aliphatic heterocycles. The van der Waals surface area contributed by atoms with Crippen molar-refractivity contribution in [1.82, 2.24) is 9.97 Å². The van der Waals surface area contributed by atoms with Crippen LogP contribution in [-0.2, 0) is 14.3 Å². The van der Waals surface area contributed by atoms with Crippen molar-refractivity contribution >= 4 is 24.1 Å². The van der Waals surface area contributed by atoms with E-state index in [9.17, 15) is 14.4 Å². The molecule has 142 valence electrons. The average Bonchev–Trinajstić information content (AvgIpc) is 2.66. The lowest BCUT2D eigenvalue weighted by Crippen LogP contribution is -2.21. The molecule has 0 saturated carbocycles. The van der Waals surface area contributed by atoms with Gasteiger partial charge in [0.05, 0.1) is 13.2 Å². The molecule has 2 rings (SSSR count). The molecular weight excluding hydrogens is 352 g/mol. The third-order valence-corrected chi connectivity index (χ3v) is 3.29.